The van der Waals surface area contributed by atoms with Crippen molar-refractivity contribution in [3.63, 3.8) is 0 Å². The van der Waals surface area contributed by atoms with Gasteiger partial charge in [0, 0.05) is 18.3 Å². The van der Waals surface area contributed by atoms with Crippen LogP contribution in [0.4, 0.5) is 18.9 Å². The molecule has 0 radical (unpaired) electrons. The molecule has 2 rings (SSSR count). The molecular weight excluding hydrogens is 265 g/mol. The first kappa shape index (κ1) is 14.7. The second kappa shape index (κ2) is 5.35. The van der Waals surface area contributed by atoms with E-state index >= 15 is 0 Å². The SMILES string of the molecule is CC(C)CN(c1ccc(C#N)c(C(F)(F)F)c1)C1CC1. The summed E-state index contributed by atoms with van der Waals surface area (Å²) in [7, 11) is 0. The first-order valence-electron chi connectivity index (χ1n) is 6.71. The van der Waals surface area contributed by atoms with Crippen LogP contribution in [0.3, 0.4) is 0 Å². The van der Waals surface area contributed by atoms with Crippen molar-refractivity contribution >= 4 is 5.69 Å². The van der Waals surface area contributed by atoms with E-state index in [-0.39, 0.29) is 5.56 Å². The third kappa shape index (κ3) is 3.24. The van der Waals surface area contributed by atoms with Crippen molar-refractivity contribution in [2.75, 3.05) is 11.4 Å². The Hall–Kier alpha value is -1.70. The molecule has 0 saturated heterocycles. The molecule has 0 amide bonds. The molecule has 1 fully saturated rings. The number of anilines is 1. The van der Waals surface area contributed by atoms with Gasteiger partial charge in [-0.05, 0) is 37.0 Å². The summed E-state index contributed by atoms with van der Waals surface area (Å²) in [4.78, 5) is 2.03. The molecule has 5 heteroatoms. The maximum absolute atomic E-state index is 13.0. The van der Waals surface area contributed by atoms with E-state index in [2.05, 4.69) is 0 Å². The van der Waals surface area contributed by atoms with Gasteiger partial charge in [-0.2, -0.15) is 18.4 Å². The predicted octanol–water partition coefficient (Wildman–Crippen LogP) is 4.20. The van der Waals surface area contributed by atoms with Crippen molar-refractivity contribution in [1.29, 1.82) is 5.26 Å². The van der Waals surface area contributed by atoms with Crippen LogP contribution in [0, 0.1) is 17.2 Å². The van der Waals surface area contributed by atoms with Crippen LogP contribution in [0.1, 0.15) is 37.8 Å². The molecule has 0 N–H and O–H groups in total. The van der Waals surface area contributed by atoms with Gasteiger partial charge in [0.25, 0.3) is 0 Å². The molecule has 0 aromatic heterocycles. The maximum Gasteiger partial charge on any atom is 0.417 e. The van der Waals surface area contributed by atoms with Crippen molar-refractivity contribution in [2.45, 2.75) is 38.9 Å². The predicted molar refractivity (Wildman–Crippen MR) is 71.4 cm³/mol. The molecule has 108 valence electrons. The molecule has 1 aliphatic carbocycles. The summed E-state index contributed by atoms with van der Waals surface area (Å²) in [5, 5.41) is 8.81. The number of nitrogens with zero attached hydrogens (tertiary/aromatic N) is 2. The third-order valence-corrected chi connectivity index (χ3v) is 3.31. The molecule has 20 heavy (non-hydrogen) atoms. The number of alkyl halides is 3. The highest BCUT2D eigenvalue weighted by Gasteiger charge is 2.36. The normalized spacial score (nSPS) is 15.2. The number of halogens is 3. The lowest BCUT2D eigenvalue weighted by Crippen LogP contribution is -2.30. The van der Waals surface area contributed by atoms with Crippen LogP contribution in [0.5, 0.6) is 0 Å². The van der Waals surface area contributed by atoms with E-state index in [9.17, 15) is 13.2 Å². The fourth-order valence-electron chi connectivity index (χ4n) is 2.29. The summed E-state index contributed by atoms with van der Waals surface area (Å²) in [5.41, 5.74) is -0.596. The lowest BCUT2D eigenvalue weighted by molar-refractivity contribution is -0.137. The van der Waals surface area contributed by atoms with Crippen molar-refractivity contribution in [1.82, 2.24) is 0 Å². The fourth-order valence-corrected chi connectivity index (χ4v) is 2.29. The van der Waals surface area contributed by atoms with E-state index in [1.807, 2.05) is 18.7 Å². The molecule has 0 atom stereocenters. The van der Waals surface area contributed by atoms with Crippen LogP contribution < -0.4 is 4.90 Å². The first-order valence-corrected chi connectivity index (χ1v) is 6.71. The molecular formula is C15H17F3N2. The topological polar surface area (TPSA) is 27.0 Å². The minimum atomic E-state index is -4.49. The highest BCUT2D eigenvalue weighted by atomic mass is 19.4. The van der Waals surface area contributed by atoms with Crippen LogP contribution in [0.25, 0.3) is 0 Å². The Bertz CT molecular complexity index is 525. The Balaban J connectivity index is 2.39. The van der Waals surface area contributed by atoms with Crippen LogP contribution >= 0.6 is 0 Å². The summed E-state index contributed by atoms with van der Waals surface area (Å²) in [6.45, 7) is 4.82. The Morgan fingerprint density at radius 3 is 2.45 bits per heavy atom. The summed E-state index contributed by atoms with van der Waals surface area (Å²) >= 11 is 0. The highest BCUT2D eigenvalue weighted by Crippen LogP contribution is 2.37. The van der Waals surface area contributed by atoms with Crippen molar-refractivity contribution in [2.24, 2.45) is 5.92 Å². The standard InChI is InChI=1S/C15H17F3N2/c1-10(2)9-20(12-5-6-12)13-4-3-11(8-19)14(7-13)15(16,17)18/h3-4,7,10,12H,5-6,9H2,1-2H3. The summed E-state index contributed by atoms with van der Waals surface area (Å²) in [5.74, 6) is 0.376. The van der Waals surface area contributed by atoms with Crippen molar-refractivity contribution in [3.8, 4) is 6.07 Å². The minimum Gasteiger partial charge on any atom is -0.368 e. The van der Waals surface area contributed by atoms with Gasteiger partial charge in [-0.3, -0.25) is 0 Å². The third-order valence-electron chi connectivity index (χ3n) is 3.31. The van der Waals surface area contributed by atoms with Crippen LogP contribution in [0.2, 0.25) is 0 Å². The van der Waals surface area contributed by atoms with Crippen LogP contribution in [-0.2, 0) is 6.18 Å². The molecule has 2 nitrogen and oxygen atoms in total. The lowest BCUT2D eigenvalue weighted by atomic mass is 10.1. The minimum absolute atomic E-state index is 0.318. The van der Waals surface area contributed by atoms with E-state index in [1.54, 1.807) is 12.1 Å². The quantitative estimate of drug-likeness (QED) is 0.827. The number of hydrogen-bond acceptors (Lipinski definition) is 2. The molecule has 0 bridgehead atoms. The molecule has 0 spiro atoms. The molecule has 0 unspecified atom stereocenters. The maximum atomic E-state index is 13.0. The Labute approximate surface area is 116 Å². The monoisotopic (exact) mass is 282 g/mol. The Kier molecular flexibility index (Phi) is 3.94. The number of rotatable bonds is 4. The summed E-state index contributed by atoms with van der Waals surface area (Å²) < 4.78 is 39.0. The van der Waals surface area contributed by atoms with Gasteiger partial charge >= 0.3 is 6.18 Å². The fraction of sp³-hybridized carbons (Fsp3) is 0.533. The van der Waals surface area contributed by atoms with Gasteiger partial charge in [0.05, 0.1) is 17.2 Å². The van der Waals surface area contributed by atoms with Crippen molar-refractivity contribution < 1.29 is 13.2 Å². The first-order chi connectivity index (χ1) is 9.32. The lowest BCUT2D eigenvalue weighted by Gasteiger charge is -2.27. The largest absolute Gasteiger partial charge is 0.417 e. The average Bonchev–Trinajstić information content (AvgIpc) is 3.18. The van der Waals surface area contributed by atoms with Gasteiger partial charge in [-0.25, -0.2) is 0 Å². The van der Waals surface area contributed by atoms with E-state index < -0.39 is 11.7 Å². The molecule has 1 aromatic rings. The van der Waals surface area contributed by atoms with E-state index in [0.717, 1.165) is 25.5 Å². The molecule has 1 saturated carbocycles. The summed E-state index contributed by atoms with van der Waals surface area (Å²) in [6, 6.07) is 5.96. The molecule has 0 aliphatic heterocycles. The summed E-state index contributed by atoms with van der Waals surface area (Å²) in [6.07, 6.45) is -2.45. The second-order valence-electron chi connectivity index (χ2n) is 5.62. The molecule has 1 aromatic carbocycles. The van der Waals surface area contributed by atoms with E-state index in [4.69, 9.17) is 5.26 Å². The van der Waals surface area contributed by atoms with Gasteiger partial charge in [0.1, 0.15) is 0 Å². The van der Waals surface area contributed by atoms with Gasteiger partial charge < -0.3 is 4.90 Å². The zero-order valence-electron chi connectivity index (χ0n) is 11.5. The number of hydrogen-bond donors (Lipinski definition) is 0. The second-order valence-corrected chi connectivity index (χ2v) is 5.62. The molecule has 0 heterocycles. The number of benzene rings is 1. The average molecular weight is 282 g/mol. The van der Waals surface area contributed by atoms with Crippen LogP contribution in [-0.4, -0.2) is 12.6 Å². The smallest absolute Gasteiger partial charge is 0.368 e. The van der Waals surface area contributed by atoms with Gasteiger partial charge in [-0.15, -0.1) is 0 Å². The zero-order valence-corrected chi connectivity index (χ0v) is 11.5. The van der Waals surface area contributed by atoms with Crippen LogP contribution in [0.15, 0.2) is 18.2 Å². The van der Waals surface area contributed by atoms with E-state index in [0.29, 0.717) is 17.6 Å². The van der Waals surface area contributed by atoms with Gasteiger partial charge in [0.15, 0.2) is 0 Å². The van der Waals surface area contributed by atoms with Gasteiger partial charge in [0.2, 0.25) is 0 Å². The molecule has 1 aliphatic rings. The van der Waals surface area contributed by atoms with Crippen molar-refractivity contribution in [3.05, 3.63) is 29.3 Å². The van der Waals surface area contributed by atoms with E-state index in [1.165, 1.54) is 6.07 Å². The Morgan fingerprint density at radius 1 is 1.35 bits per heavy atom. The van der Waals surface area contributed by atoms with Gasteiger partial charge in [-0.1, -0.05) is 13.8 Å². The zero-order chi connectivity index (χ0) is 14.9. The Morgan fingerprint density at radius 2 is 2.00 bits per heavy atom. The highest BCUT2D eigenvalue weighted by molar-refractivity contribution is 5.56. The number of nitriles is 1.